The summed E-state index contributed by atoms with van der Waals surface area (Å²) in [6.45, 7) is 2.02. The van der Waals surface area contributed by atoms with Crippen LogP contribution < -0.4 is 15.0 Å². The van der Waals surface area contributed by atoms with Crippen LogP contribution in [0, 0.1) is 17.0 Å². The number of furan rings is 1. The summed E-state index contributed by atoms with van der Waals surface area (Å²) in [6, 6.07) is 24.2. The molecule has 0 saturated carbocycles. The highest BCUT2D eigenvalue weighted by molar-refractivity contribution is 6.31. The molecule has 0 fully saturated rings. The zero-order chi connectivity index (χ0) is 30.1. The molecular weight excluding hydrogens is 572 g/mol. The quantitative estimate of drug-likeness (QED) is 0.104. The third kappa shape index (κ3) is 5.43. The number of hydrogen-bond acceptors (Lipinski definition) is 8. The van der Waals surface area contributed by atoms with Crippen LogP contribution in [-0.4, -0.2) is 27.9 Å². The maximum absolute atomic E-state index is 13.7. The Morgan fingerprint density at radius 3 is 2.60 bits per heavy atom. The fraction of sp³-hybridized carbons (Fsp3) is 0.0938. The Morgan fingerprint density at radius 1 is 1.05 bits per heavy atom. The highest BCUT2D eigenvalue weighted by atomic mass is 35.5. The molecule has 10 nitrogen and oxygen atoms in total. The Morgan fingerprint density at radius 2 is 1.84 bits per heavy atom. The Bertz CT molecular complexity index is 2100. The number of aromatic nitrogens is 2. The third-order valence-electron chi connectivity index (χ3n) is 6.79. The number of hydrogen-bond donors (Lipinski definition) is 0. The van der Waals surface area contributed by atoms with E-state index < -0.39 is 10.5 Å². The van der Waals surface area contributed by atoms with Gasteiger partial charge in [0.15, 0.2) is 5.76 Å². The number of para-hydroxylation sites is 1. The highest BCUT2D eigenvalue weighted by Gasteiger charge is 2.22. The molecule has 0 atom stereocenters. The van der Waals surface area contributed by atoms with Gasteiger partial charge in [0.05, 0.1) is 34.5 Å². The second kappa shape index (κ2) is 11.4. The molecule has 0 radical (unpaired) electrons. The van der Waals surface area contributed by atoms with Crippen LogP contribution in [0.25, 0.3) is 33.5 Å². The predicted molar refractivity (Wildman–Crippen MR) is 164 cm³/mol. The second-order valence-corrected chi connectivity index (χ2v) is 10.1. The van der Waals surface area contributed by atoms with Crippen molar-refractivity contribution in [2.45, 2.75) is 13.5 Å². The van der Waals surface area contributed by atoms with Crippen molar-refractivity contribution < 1.29 is 18.8 Å². The van der Waals surface area contributed by atoms with Gasteiger partial charge in [0.2, 0.25) is 11.6 Å². The number of aryl methyl sites for hydroxylation is 1. The molecule has 214 valence electrons. The molecule has 0 spiro atoms. The van der Waals surface area contributed by atoms with E-state index in [2.05, 4.69) is 10.1 Å². The van der Waals surface area contributed by atoms with E-state index in [0.717, 1.165) is 15.8 Å². The molecular formula is C32H23ClN4O6. The smallest absolute Gasteiger partial charge is 0.313 e. The van der Waals surface area contributed by atoms with E-state index in [1.165, 1.54) is 18.3 Å². The highest BCUT2D eigenvalue weighted by Crippen LogP contribution is 2.35. The normalized spacial score (nSPS) is 11.4. The zero-order valence-corrected chi connectivity index (χ0v) is 23.7. The number of fused-ring (bicyclic) bond motifs is 2. The molecule has 2 heterocycles. The molecule has 11 heteroatoms. The maximum Gasteiger partial charge on any atom is 0.313 e. The minimum absolute atomic E-state index is 0.0458. The topological polar surface area (TPSA) is 122 Å². The van der Waals surface area contributed by atoms with E-state index in [-0.39, 0.29) is 40.2 Å². The number of methoxy groups -OCH3 is 1. The lowest BCUT2D eigenvalue weighted by atomic mass is 10.1. The zero-order valence-electron chi connectivity index (χ0n) is 23.0. The standard InChI is InChI=1S/C32H23ClN4O6/c1-19-10-12-20(13-11-19)18-42-30-21(14-22(33)15-26(30)37(39)40)17-34-36-31(35-25-7-4-3-6-23(25)32(36)38)29-16-24-27(41-2)8-5-9-28(24)43-29/h3-17H,18H2,1-2H3. The summed E-state index contributed by atoms with van der Waals surface area (Å²) in [5, 5.41) is 17.5. The fourth-order valence-electron chi connectivity index (χ4n) is 4.66. The summed E-state index contributed by atoms with van der Waals surface area (Å²) in [6.07, 6.45) is 1.29. The molecule has 0 unspecified atom stereocenters. The molecule has 6 aromatic rings. The van der Waals surface area contributed by atoms with Crippen LogP contribution in [0.1, 0.15) is 16.7 Å². The Balaban J connectivity index is 1.50. The molecule has 43 heavy (non-hydrogen) atoms. The lowest BCUT2D eigenvalue weighted by Crippen LogP contribution is -2.20. The van der Waals surface area contributed by atoms with Gasteiger partial charge in [-0.25, -0.2) is 4.98 Å². The van der Waals surface area contributed by atoms with Gasteiger partial charge in [-0.05, 0) is 48.9 Å². The summed E-state index contributed by atoms with van der Waals surface area (Å²) in [7, 11) is 1.55. The van der Waals surface area contributed by atoms with E-state index in [0.29, 0.717) is 27.6 Å². The summed E-state index contributed by atoms with van der Waals surface area (Å²) >= 11 is 6.26. The molecule has 0 aliphatic heterocycles. The molecule has 0 bridgehead atoms. The predicted octanol–water partition coefficient (Wildman–Crippen LogP) is 7.15. The van der Waals surface area contributed by atoms with Gasteiger partial charge in [-0.2, -0.15) is 9.78 Å². The van der Waals surface area contributed by atoms with Crippen molar-refractivity contribution in [2.75, 3.05) is 7.11 Å². The number of rotatable bonds is 8. The van der Waals surface area contributed by atoms with Gasteiger partial charge in [0, 0.05) is 16.7 Å². The first-order chi connectivity index (χ1) is 20.8. The average Bonchev–Trinajstić information content (AvgIpc) is 3.45. The van der Waals surface area contributed by atoms with Crippen LogP contribution in [0.15, 0.2) is 99.2 Å². The largest absolute Gasteiger partial charge is 0.496 e. The number of nitro groups is 1. The molecule has 4 aromatic carbocycles. The summed E-state index contributed by atoms with van der Waals surface area (Å²) < 4.78 is 18.6. The lowest BCUT2D eigenvalue weighted by Gasteiger charge is -2.11. The van der Waals surface area contributed by atoms with Crippen LogP contribution >= 0.6 is 11.6 Å². The van der Waals surface area contributed by atoms with Gasteiger partial charge < -0.3 is 13.9 Å². The van der Waals surface area contributed by atoms with E-state index in [9.17, 15) is 14.9 Å². The monoisotopic (exact) mass is 594 g/mol. The van der Waals surface area contributed by atoms with Gasteiger partial charge in [-0.15, -0.1) is 0 Å². The summed E-state index contributed by atoms with van der Waals surface area (Å²) in [5.74, 6) is 0.937. The Hall–Kier alpha value is -5.48. The molecule has 6 rings (SSSR count). The van der Waals surface area contributed by atoms with E-state index in [1.807, 2.05) is 31.2 Å². The first-order valence-electron chi connectivity index (χ1n) is 13.1. The summed E-state index contributed by atoms with van der Waals surface area (Å²) in [4.78, 5) is 29.8. The number of nitrogens with zero attached hydrogens (tertiary/aromatic N) is 4. The van der Waals surface area contributed by atoms with Crippen molar-refractivity contribution in [3.63, 3.8) is 0 Å². The molecule has 0 N–H and O–H groups in total. The third-order valence-corrected chi connectivity index (χ3v) is 7.01. The number of halogens is 1. The Labute approximate surface area is 249 Å². The SMILES string of the molecule is COc1cccc2oc(-c3nc4ccccc4c(=O)n3N=Cc3cc(Cl)cc([N+](=O)[O-])c3OCc3ccc(C)cc3)cc12. The van der Waals surface area contributed by atoms with Gasteiger partial charge in [0.25, 0.3) is 5.56 Å². The first kappa shape index (κ1) is 27.7. The number of benzene rings is 4. The first-order valence-corrected chi connectivity index (χ1v) is 13.5. The van der Waals surface area contributed by atoms with Crippen molar-refractivity contribution in [2.24, 2.45) is 5.10 Å². The second-order valence-electron chi connectivity index (χ2n) is 9.67. The lowest BCUT2D eigenvalue weighted by molar-refractivity contribution is -0.385. The van der Waals surface area contributed by atoms with Crippen molar-refractivity contribution in [3.8, 4) is 23.1 Å². The van der Waals surface area contributed by atoms with Gasteiger partial charge >= 0.3 is 5.69 Å². The van der Waals surface area contributed by atoms with Gasteiger partial charge in [-0.1, -0.05) is 59.6 Å². The van der Waals surface area contributed by atoms with Crippen LogP contribution in [0.2, 0.25) is 5.02 Å². The Kier molecular flexibility index (Phi) is 7.35. The van der Waals surface area contributed by atoms with Crippen LogP contribution in [-0.2, 0) is 6.61 Å². The van der Waals surface area contributed by atoms with E-state index in [1.54, 1.807) is 55.6 Å². The minimum atomic E-state index is -0.579. The van der Waals surface area contributed by atoms with Crippen molar-refractivity contribution in [1.82, 2.24) is 9.66 Å². The molecule has 2 aromatic heterocycles. The minimum Gasteiger partial charge on any atom is -0.496 e. The fourth-order valence-corrected chi connectivity index (χ4v) is 4.88. The number of ether oxygens (including phenoxy) is 2. The number of nitro benzene ring substituents is 1. The van der Waals surface area contributed by atoms with E-state index in [4.69, 9.17) is 25.5 Å². The molecule has 0 amide bonds. The summed E-state index contributed by atoms with van der Waals surface area (Å²) in [5.41, 5.74) is 2.25. The van der Waals surface area contributed by atoms with Crippen LogP contribution in [0.5, 0.6) is 11.5 Å². The average molecular weight is 595 g/mol. The van der Waals surface area contributed by atoms with Crippen molar-refractivity contribution in [3.05, 3.63) is 127 Å². The molecule has 0 saturated heterocycles. The van der Waals surface area contributed by atoms with Gasteiger partial charge in [0.1, 0.15) is 17.9 Å². The van der Waals surface area contributed by atoms with Crippen molar-refractivity contribution in [1.29, 1.82) is 0 Å². The molecule has 0 aliphatic rings. The molecule has 0 aliphatic carbocycles. The van der Waals surface area contributed by atoms with Crippen LogP contribution in [0.3, 0.4) is 0 Å². The van der Waals surface area contributed by atoms with Crippen molar-refractivity contribution >= 4 is 45.4 Å². The van der Waals surface area contributed by atoms with Crippen LogP contribution in [0.4, 0.5) is 5.69 Å². The van der Waals surface area contributed by atoms with Gasteiger partial charge in [-0.3, -0.25) is 14.9 Å². The van der Waals surface area contributed by atoms with E-state index >= 15 is 0 Å². The maximum atomic E-state index is 13.7.